The Morgan fingerprint density at radius 3 is 2.75 bits per heavy atom. The number of para-hydroxylation sites is 2. The highest BCUT2D eigenvalue weighted by atomic mass is 16.5. The second-order valence-electron chi connectivity index (χ2n) is 6.06. The molecule has 3 heterocycles. The van der Waals surface area contributed by atoms with E-state index >= 15 is 0 Å². The lowest BCUT2D eigenvalue weighted by Crippen LogP contribution is -2.31. The second-order valence-corrected chi connectivity index (χ2v) is 6.06. The third-order valence-electron chi connectivity index (χ3n) is 4.28. The monoisotopic (exact) mass is 324 g/mol. The van der Waals surface area contributed by atoms with Crippen molar-refractivity contribution in [1.82, 2.24) is 25.0 Å². The molecule has 1 saturated heterocycles. The van der Waals surface area contributed by atoms with E-state index < -0.39 is 0 Å². The number of fused-ring (bicyclic) bond motifs is 1. The molecule has 1 fully saturated rings. The maximum atomic E-state index is 5.05. The third kappa shape index (κ3) is 3.21. The number of rotatable bonds is 3. The van der Waals surface area contributed by atoms with E-state index in [1.54, 1.807) is 0 Å². The standard InChI is InChI=1S/C17H20N6O/c1-13-19-16(21-24-13)12-22-7-4-8-23(10-9-22)17-11-18-14-5-2-3-6-15(14)20-17/h2-3,5-6,11H,4,7-10,12H2,1H3. The molecule has 3 aromatic rings. The molecule has 0 atom stereocenters. The average Bonchev–Trinajstić information content (AvgIpc) is 2.87. The molecule has 124 valence electrons. The van der Waals surface area contributed by atoms with Crippen molar-refractivity contribution < 1.29 is 4.52 Å². The van der Waals surface area contributed by atoms with Crippen LogP contribution in [0.25, 0.3) is 11.0 Å². The largest absolute Gasteiger partial charge is 0.354 e. The first-order valence-corrected chi connectivity index (χ1v) is 8.26. The number of benzene rings is 1. The van der Waals surface area contributed by atoms with Crippen molar-refractivity contribution in [2.45, 2.75) is 19.9 Å². The summed E-state index contributed by atoms with van der Waals surface area (Å²) in [4.78, 5) is 18.2. The molecule has 0 amide bonds. The van der Waals surface area contributed by atoms with Gasteiger partial charge in [0.1, 0.15) is 5.82 Å². The van der Waals surface area contributed by atoms with Crippen LogP contribution in [0.4, 0.5) is 5.82 Å². The van der Waals surface area contributed by atoms with Crippen LogP contribution < -0.4 is 4.90 Å². The number of anilines is 1. The van der Waals surface area contributed by atoms with E-state index in [4.69, 9.17) is 9.51 Å². The van der Waals surface area contributed by atoms with Gasteiger partial charge in [0.05, 0.1) is 23.8 Å². The molecule has 0 bridgehead atoms. The maximum Gasteiger partial charge on any atom is 0.223 e. The predicted molar refractivity (Wildman–Crippen MR) is 90.7 cm³/mol. The van der Waals surface area contributed by atoms with Gasteiger partial charge < -0.3 is 9.42 Å². The molecule has 1 aliphatic rings. The minimum absolute atomic E-state index is 0.618. The fraction of sp³-hybridized carbons (Fsp3) is 0.412. The van der Waals surface area contributed by atoms with Gasteiger partial charge in [-0.25, -0.2) is 4.98 Å². The Bertz CT molecular complexity index is 833. The van der Waals surface area contributed by atoms with E-state index in [1.807, 2.05) is 37.4 Å². The first-order valence-electron chi connectivity index (χ1n) is 8.26. The first-order chi connectivity index (χ1) is 11.8. The van der Waals surface area contributed by atoms with Crippen molar-refractivity contribution in [3.63, 3.8) is 0 Å². The first kappa shape index (κ1) is 15.0. The summed E-state index contributed by atoms with van der Waals surface area (Å²) < 4.78 is 5.05. The third-order valence-corrected chi connectivity index (χ3v) is 4.28. The van der Waals surface area contributed by atoms with Gasteiger partial charge in [0, 0.05) is 33.1 Å². The summed E-state index contributed by atoms with van der Waals surface area (Å²) in [5.74, 6) is 2.32. The molecule has 0 spiro atoms. The number of aromatic nitrogens is 4. The van der Waals surface area contributed by atoms with Crippen LogP contribution in [0.2, 0.25) is 0 Å². The summed E-state index contributed by atoms with van der Waals surface area (Å²) in [5, 5.41) is 3.99. The molecule has 0 aliphatic carbocycles. The summed E-state index contributed by atoms with van der Waals surface area (Å²) in [6.45, 7) is 6.42. The van der Waals surface area contributed by atoms with Gasteiger partial charge in [-0.2, -0.15) is 4.98 Å². The Morgan fingerprint density at radius 1 is 1.04 bits per heavy atom. The van der Waals surface area contributed by atoms with E-state index in [-0.39, 0.29) is 0 Å². The average molecular weight is 324 g/mol. The van der Waals surface area contributed by atoms with E-state index in [2.05, 4.69) is 24.9 Å². The van der Waals surface area contributed by atoms with Gasteiger partial charge in [-0.1, -0.05) is 17.3 Å². The van der Waals surface area contributed by atoms with Gasteiger partial charge in [-0.05, 0) is 18.6 Å². The Labute approximate surface area is 140 Å². The fourth-order valence-electron chi connectivity index (χ4n) is 3.06. The molecular weight excluding hydrogens is 304 g/mol. The van der Waals surface area contributed by atoms with Crippen LogP contribution in [-0.2, 0) is 6.54 Å². The molecule has 0 radical (unpaired) electrons. The molecule has 1 aliphatic heterocycles. The fourth-order valence-corrected chi connectivity index (χ4v) is 3.06. The van der Waals surface area contributed by atoms with Gasteiger partial charge in [0.25, 0.3) is 0 Å². The van der Waals surface area contributed by atoms with Crippen molar-refractivity contribution in [1.29, 1.82) is 0 Å². The zero-order chi connectivity index (χ0) is 16.4. The highest BCUT2D eigenvalue weighted by molar-refractivity contribution is 5.75. The van der Waals surface area contributed by atoms with Crippen LogP contribution in [-0.4, -0.2) is 51.2 Å². The highest BCUT2D eigenvalue weighted by Gasteiger charge is 2.18. The quantitative estimate of drug-likeness (QED) is 0.730. The smallest absolute Gasteiger partial charge is 0.223 e. The topological polar surface area (TPSA) is 71.2 Å². The Balaban J connectivity index is 1.45. The second kappa shape index (κ2) is 6.52. The molecule has 0 unspecified atom stereocenters. The van der Waals surface area contributed by atoms with E-state index in [1.165, 1.54) is 0 Å². The van der Waals surface area contributed by atoms with Crippen LogP contribution >= 0.6 is 0 Å². The number of nitrogens with zero attached hydrogens (tertiary/aromatic N) is 6. The van der Waals surface area contributed by atoms with Crippen molar-refractivity contribution >= 4 is 16.9 Å². The van der Waals surface area contributed by atoms with Crippen molar-refractivity contribution in [3.8, 4) is 0 Å². The van der Waals surface area contributed by atoms with Crippen molar-refractivity contribution in [2.75, 3.05) is 31.1 Å². The lowest BCUT2D eigenvalue weighted by atomic mass is 10.3. The maximum absolute atomic E-state index is 5.05. The number of aryl methyl sites for hydroxylation is 1. The summed E-state index contributed by atoms with van der Waals surface area (Å²) in [7, 11) is 0. The van der Waals surface area contributed by atoms with Gasteiger partial charge in [-0.3, -0.25) is 9.88 Å². The van der Waals surface area contributed by atoms with E-state index in [0.717, 1.165) is 61.8 Å². The van der Waals surface area contributed by atoms with Crippen LogP contribution in [0.15, 0.2) is 35.0 Å². The van der Waals surface area contributed by atoms with Crippen molar-refractivity contribution in [3.05, 3.63) is 42.2 Å². The predicted octanol–water partition coefficient (Wildman–Crippen LogP) is 2.03. The summed E-state index contributed by atoms with van der Waals surface area (Å²) in [6, 6.07) is 7.98. The van der Waals surface area contributed by atoms with Gasteiger partial charge >= 0.3 is 0 Å². The molecule has 1 aromatic carbocycles. The molecule has 4 rings (SSSR count). The molecule has 7 nitrogen and oxygen atoms in total. The van der Waals surface area contributed by atoms with E-state index in [0.29, 0.717) is 5.89 Å². The van der Waals surface area contributed by atoms with Gasteiger partial charge in [0.15, 0.2) is 5.82 Å². The molecule has 0 N–H and O–H groups in total. The van der Waals surface area contributed by atoms with Gasteiger partial charge in [-0.15, -0.1) is 0 Å². The lowest BCUT2D eigenvalue weighted by molar-refractivity contribution is 0.272. The Morgan fingerprint density at radius 2 is 1.92 bits per heavy atom. The molecule has 7 heteroatoms. The highest BCUT2D eigenvalue weighted by Crippen LogP contribution is 2.17. The summed E-state index contributed by atoms with van der Waals surface area (Å²) >= 11 is 0. The van der Waals surface area contributed by atoms with Crippen LogP contribution in [0, 0.1) is 6.92 Å². The minimum Gasteiger partial charge on any atom is -0.354 e. The SMILES string of the molecule is Cc1nc(CN2CCCN(c3cnc4ccccc4n3)CC2)no1. The molecular formula is C17H20N6O. The van der Waals surface area contributed by atoms with E-state index in [9.17, 15) is 0 Å². The van der Waals surface area contributed by atoms with Crippen LogP contribution in [0.5, 0.6) is 0 Å². The Kier molecular flexibility index (Phi) is 4.08. The minimum atomic E-state index is 0.618. The Hall–Kier alpha value is -2.54. The summed E-state index contributed by atoms with van der Waals surface area (Å²) in [5.41, 5.74) is 1.88. The molecule has 2 aromatic heterocycles. The number of hydrogen-bond donors (Lipinski definition) is 0. The lowest BCUT2D eigenvalue weighted by Gasteiger charge is -2.22. The van der Waals surface area contributed by atoms with Crippen LogP contribution in [0.1, 0.15) is 18.1 Å². The molecule has 24 heavy (non-hydrogen) atoms. The van der Waals surface area contributed by atoms with Crippen molar-refractivity contribution in [2.24, 2.45) is 0 Å². The summed E-state index contributed by atoms with van der Waals surface area (Å²) in [6.07, 6.45) is 2.95. The number of hydrogen-bond acceptors (Lipinski definition) is 7. The molecule has 0 saturated carbocycles. The van der Waals surface area contributed by atoms with Crippen LogP contribution in [0.3, 0.4) is 0 Å². The zero-order valence-corrected chi connectivity index (χ0v) is 13.7. The normalized spacial score (nSPS) is 16.5. The zero-order valence-electron chi connectivity index (χ0n) is 13.7. The van der Waals surface area contributed by atoms with Gasteiger partial charge in [0.2, 0.25) is 5.89 Å².